The van der Waals surface area contributed by atoms with Crippen LogP contribution in [0.5, 0.6) is 0 Å². The van der Waals surface area contributed by atoms with Gasteiger partial charge in [-0.05, 0) is 48.7 Å². The van der Waals surface area contributed by atoms with Gasteiger partial charge in [0.1, 0.15) is 5.82 Å². The molecule has 1 aromatic carbocycles. The maximum Gasteiger partial charge on any atom is 0.127 e. The minimum absolute atomic E-state index is 0.121. The Morgan fingerprint density at radius 2 is 2.00 bits per heavy atom. The summed E-state index contributed by atoms with van der Waals surface area (Å²) >= 11 is 13.8. The van der Waals surface area contributed by atoms with Gasteiger partial charge in [0.05, 0.1) is 11.1 Å². The van der Waals surface area contributed by atoms with Crippen molar-refractivity contribution in [1.82, 2.24) is 5.32 Å². The summed E-state index contributed by atoms with van der Waals surface area (Å²) < 4.78 is 13.4. The molecule has 1 N–H and O–H groups in total. The van der Waals surface area contributed by atoms with Crippen molar-refractivity contribution in [1.29, 1.82) is 0 Å². The fourth-order valence-corrected chi connectivity index (χ4v) is 3.39. The van der Waals surface area contributed by atoms with Crippen molar-refractivity contribution >= 4 is 34.5 Å². The molecule has 0 saturated carbocycles. The van der Waals surface area contributed by atoms with E-state index in [0.29, 0.717) is 15.6 Å². The van der Waals surface area contributed by atoms with Crippen LogP contribution in [0.25, 0.3) is 0 Å². The maximum absolute atomic E-state index is 13.4. The second-order valence-electron chi connectivity index (χ2n) is 3.98. The van der Waals surface area contributed by atoms with Crippen molar-refractivity contribution in [3.8, 4) is 0 Å². The van der Waals surface area contributed by atoms with Crippen molar-refractivity contribution in [2.24, 2.45) is 0 Å². The molecule has 1 atom stereocenters. The standard InChI is InChI=1S/C13H12Cl2FNS/c1-7-5-8(10(15)6-11(7)16)12(17-2)13-9(14)3-4-18-13/h3-6,12,17H,1-2H3. The first-order chi connectivity index (χ1) is 8.54. The summed E-state index contributed by atoms with van der Waals surface area (Å²) in [5.74, 6) is -0.295. The van der Waals surface area contributed by atoms with Crippen LogP contribution in [-0.2, 0) is 0 Å². The highest BCUT2D eigenvalue weighted by molar-refractivity contribution is 7.10. The SMILES string of the molecule is CNC(c1cc(C)c(F)cc1Cl)c1sccc1Cl. The Kier molecular flexibility index (Phi) is 4.28. The number of hydrogen-bond acceptors (Lipinski definition) is 2. The van der Waals surface area contributed by atoms with Gasteiger partial charge in [-0.2, -0.15) is 0 Å². The quantitative estimate of drug-likeness (QED) is 0.858. The van der Waals surface area contributed by atoms with Crippen molar-refractivity contribution in [3.05, 3.63) is 55.4 Å². The van der Waals surface area contributed by atoms with E-state index in [1.165, 1.54) is 6.07 Å². The lowest BCUT2D eigenvalue weighted by Crippen LogP contribution is -2.17. The second-order valence-corrected chi connectivity index (χ2v) is 5.74. The minimum atomic E-state index is -0.295. The van der Waals surface area contributed by atoms with Gasteiger partial charge in [-0.15, -0.1) is 11.3 Å². The molecule has 0 bridgehead atoms. The van der Waals surface area contributed by atoms with E-state index in [1.807, 2.05) is 18.5 Å². The number of halogens is 3. The molecule has 0 aliphatic rings. The fourth-order valence-electron chi connectivity index (χ4n) is 1.84. The predicted molar refractivity (Wildman–Crippen MR) is 76.4 cm³/mol. The Morgan fingerprint density at radius 3 is 2.56 bits per heavy atom. The Balaban J connectivity index is 2.52. The van der Waals surface area contributed by atoms with E-state index < -0.39 is 0 Å². The zero-order valence-corrected chi connectivity index (χ0v) is 12.3. The van der Waals surface area contributed by atoms with E-state index in [2.05, 4.69) is 5.32 Å². The summed E-state index contributed by atoms with van der Waals surface area (Å²) in [6.45, 7) is 1.72. The minimum Gasteiger partial charge on any atom is -0.309 e. The van der Waals surface area contributed by atoms with Gasteiger partial charge in [-0.3, -0.25) is 0 Å². The predicted octanol–water partition coefficient (Wildman–Crippen LogP) is 4.81. The summed E-state index contributed by atoms with van der Waals surface area (Å²) in [5.41, 5.74) is 1.41. The monoisotopic (exact) mass is 303 g/mol. The van der Waals surface area contributed by atoms with Crippen LogP contribution in [0.2, 0.25) is 10.0 Å². The summed E-state index contributed by atoms with van der Waals surface area (Å²) in [6, 6.07) is 4.83. The molecule has 0 spiro atoms. The van der Waals surface area contributed by atoms with Crippen LogP contribution in [0.1, 0.15) is 22.0 Å². The van der Waals surface area contributed by atoms with Crippen molar-refractivity contribution in [2.45, 2.75) is 13.0 Å². The van der Waals surface area contributed by atoms with E-state index in [4.69, 9.17) is 23.2 Å². The molecule has 0 amide bonds. The Hall–Kier alpha value is -0.610. The summed E-state index contributed by atoms with van der Waals surface area (Å²) in [4.78, 5) is 0.979. The van der Waals surface area contributed by atoms with E-state index in [9.17, 15) is 4.39 Å². The Bertz CT molecular complexity index is 568. The van der Waals surface area contributed by atoms with Gasteiger partial charge in [0.25, 0.3) is 0 Å². The molecular formula is C13H12Cl2FNS. The topological polar surface area (TPSA) is 12.0 Å². The first kappa shape index (κ1) is 13.8. The molecule has 1 aromatic heterocycles. The lowest BCUT2D eigenvalue weighted by Gasteiger charge is -2.18. The highest BCUT2D eigenvalue weighted by Gasteiger charge is 2.20. The Labute approximate surface area is 120 Å². The van der Waals surface area contributed by atoms with Gasteiger partial charge >= 0.3 is 0 Å². The van der Waals surface area contributed by atoms with E-state index in [0.717, 1.165) is 10.4 Å². The van der Waals surface area contributed by atoms with Crippen LogP contribution in [-0.4, -0.2) is 7.05 Å². The zero-order valence-electron chi connectivity index (χ0n) is 9.93. The number of thiophene rings is 1. The highest BCUT2D eigenvalue weighted by Crippen LogP contribution is 2.36. The van der Waals surface area contributed by atoms with Crippen molar-refractivity contribution in [3.63, 3.8) is 0 Å². The largest absolute Gasteiger partial charge is 0.309 e. The fraction of sp³-hybridized carbons (Fsp3) is 0.231. The number of hydrogen-bond donors (Lipinski definition) is 1. The number of benzene rings is 1. The van der Waals surface area contributed by atoms with Gasteiger partial charge in [-0.25, -0.2) is 4.39 Å². The molecule has 0 aliphatic carbocycles. The summed E-state index contributed by atoms with van der Waals surface area (Å²) in [7, 11) is 1.83. The summed E-state index contributed by atoms with van der Waals surface area (Å²) in [5, 5.41) is 6.19. The van der Waals surface area contributed by atoms with Gasteiger partial charge in [0.15, 0.2) is 0 Å². The number of nitrogens with one attached hydrogen (secondary N) is 1. The average molecular weight is 304 g/mol. The molecule has 96 valence electrons. The third kappa shape index (κ3) is 2.54. The van der Waals surface area contributed by atoms with E-state index in [-0.39, 0.29) is 11.9 Å². The van der Waals surface area contributed by atoms with Gasteiger partial charge in [0, 0.05) is 9.90 Å². The van der Waals surface area contributed by atoms with Crippen LogP contribution in [0.3, 0.4) is 0 Å². The average Bonchev–Trinajstić information content (AvgIpc) is 2.73. The second kappa shape index (κ2) is 5.57. The molecule has 0 saturated heterocycles. The van der Waals surface area contributed by atoms with Crippen molar-refractivity contribution < 1.29 is 4.39 Å². The van der Waals surface area contributed by atoms with Crippen LogP contribution in [0.15, 0.2) is 23.6 Å². The molecule has 1 heterocycles. The van der Waals surface area contributed by atoms with Gasteiger partial charge in [-0.1, -0.05) is 23.2 Å². The molecule has 5 heteroatoms. The van der Waals surface area contributed by atoms with Crippen LogP contribution in [0, 0.1) is 12.7 Å². The molecule has 18 heavy (non-hydrogen) atoms. The molecule has 0 fully saturated rings. The molecular weight excluding hydrogens is 292 g/mol. The Morgan fingerprint density at radius 1 is 1.28 bits per heavy atom. The van der Waals surface area contributed by atoms with Crippen LogP contribution in [0.4, 0.5) is 4.39 Å². The molecule has 2 rings (SSSR count). The van der Waals surface area contributed by atoms with Crippen molar-refractivity contribution in [2.75, 3.05) is 7.05 Å². The normalized spacial score (nSPS) is 12.7. The lowest BCUT2D eigenvalue weighted by molar-refractivity contribution is 0.614. The third-order valence-electron chi connectivity index (χ3n) is 2.78. The molecule has 2 aromatic rings. The first-order valence-electron chi connectivity index (χ1n) is 5.40. The zero-order chi connectivity index (χ0) is 13.3. The smallest absolute Gasteiger partial charge is 0.127 e. The molecule has 0 aliphatic heterocycles. The highest BCUT2D eigenvalue weighted by atomic mass is 35.5. The maximum atomic E-state index is 13.4. The van der Waals surface area contributed by atoms with Crippen LogP contribution >= 0.6 is 34.5 Å². The van der Waals surface area contributed by atoms with E-state index >= 15 is 0 Å². The molecule has 0 radical (unpaired) electrons. The van der Waals surface area contributed by atoms with E-state index in [1.54, 1.807) is 24.3 Å². The first-order valence-corrected chi connectivity index (χ1v) is 7.04. The molecule has 1 nitrogen and oxygen atoms in total. The number of rotatable bonds is 3. The summed E-state index contributed by atoms with van der Waals surface area (Å²) in [6.07, 6.45) is 0. The third-order valence-corrected chi connectivity index (χ3v) is 4.54. The number of aryl methyl sites for hydroxylation is 1. The lowest BCUT2D eigenvalue weighted by atomic mass is 10.0. The van der Waals surface area contributed by atoms with Gasteiger partial charge in [0.2, 0.25) is 0 Å². The van der Waals surface area contributed by atoms with Gasteiger partial charge < -0.3 is 5.32 Å². The molecule has 1 unspecified atom stereocenters. The van der Waals surface area contributed by atoms with Crippen LogP contribution < -0.4 is 5.32 Å².